The minimum Gasteiger partial charge on any atom is -0.321 e. The summed E-state index contributed by atoms with van der Waals surface area (Å²) < 4.78 is 27.4. The Kier molecular flexibility index (Phi) is 3.95. The Morgan fingerprint density at radius 3 is 2.74 bits per heavy atom. The van der Waals surface area contributed by atoms with Crippen LogP contribution in [0.15, 0.2) is 23.1 Å². The minimum absolute atomic E-state index is 0.0506. The summed E-state index contributed by atoms with van der Waals surface area (Å²) in [6.45, 7) is 3.84. The molecule has 8 heteroatoms. The fraction of sp³-hybridized carbons (Fsp3) is 0.267. The predicted octanol–water partition coefficient (Wildman–Crippen LogP) is 2.98. The summed E-state index contributed by atoms with van der Waals surface area (Å²) in [5.74, 6) is -0.972. The molecule has 1 atom stereocenters. The van der Waals surface area contributed by atoms with Gasteiger partial charge in [-0.15, -0.1) is 11.3 Å². The second kappa shape index (κ2) is 5.78. The Bertz CT molecular complexity index is 935. The normalized spacial score (nSPS) is 13.0. The Morgan fingerprint density at radius 2 is 2.04 bits per heavy atom. The third-order valence-corrected chi connectivity index (χ3v) is 4.68. The first-order chi connectivity index (χ1) is 10.9. The van der Waals surface area contributed by atoms with Crippen LogP contribution >= 0.6 is 11.3 Å². The lowest BCUT2D eigenvalue weighted by molar-refractivity contribution is 0.491. The first-order valence-electron chi connectivity index (χ1n) is 6.97. The first-order valence-corrected chi connectivity index (χ1v) is 7.79. The van der Waals surface area contributed by atoms with E-state index >= 15 is 0 Å². The van der Waals surface area contributed by atoms with Crippen molar-refractivity contribution in [1.29, 1.82) is 0 Å². The average molecular weight is 336 g/mol. The van der Waals surface area contributed by atoms with Crippen LogP contribution in [0.2, 0.25) is 0 Å². The SMILES string of the molecule is CC(C)C(N)c1nc2cc(-c3cc(F)ncc3F)sc2c(=O)[nH]1. The van der Waals surface area contributed by atoms with Gasteiger partial charge in [0.2, 0.25) is 5.95 Å². The van der Waals surface area contributed by atoms with Gasteiger partial charge in [-0.25, -0.2) is 14.4 Å². The number of aromatic nitrogens is 3. The number of nitrogens with two attached hydrogens (primary N) is 1. The van der Waals surface area contributed by atoms with E-state index < -0.39 is 17.8 Å². The fourth-order valence-corrected chi connectivity index (χ4v) is 3.18. The molecule has 0 radical (unpaired) electrons. The van der Waals surface area contributed by atoms with Gasteiger partial charge in [0.05, 0.1) is 17.8 Å². The minimum atomic E-state index is -0.789. The Hall–Kier alpha value is -2.19. The maximum atomic E-state index is 13.8. The number of nitrogens with zero attached hydrogens (tertiary/aromatic N) is 2. The number of thiophene rings is 1. The van der Waals surface area contributed by atoms with E-state index in [9.17, 15) is 13.6 Å². The number of pyridine rings is 1. The fourth-order valence-electron chi connectivity index (χ4n) is 2.17. The van der Waals surface area contributed by atoms with Gasteiger partial charge in [0.25, 0.3) is 5.56 Å². The van der Waals surface area contributed by atoms with Crippen LogP contribution in [0.5, 0.6) is 0 Å². The number of fused-ring (bicyclic) bond motifs is 1. The summed E-state index contributed by atoms with van der Waals surface area (Å²) >= 11 is 1.05. The van der Waals surface area contributed by atoms with Gasteiger partial charge < -0.3 is 10.7 Å². The van der Waals surface area contributed by atoms with E-state index in [1.807, 2.05) is 13.8 Å². The lowest BCUT2D eigenvalue weighted by Crippen LogP contribution is -2.23. The molecule has 0 fully saturated rings. The third kappa shape index (κ3) is 2.87. The summed E-state index contributed by atoms with van der Waals surface area (Å²) in [5.41, 5.74) is 6.14. The average Bonchev–Trinajstić information content (AvgIpc) is 2.93. The second-order valence-electron chi connectivity index (χ2n) is 5.53. The van der Waals surface area contributed by atoms with E-state index in [4.69, 9.17) is 5.73 Å². The molecule has 0 spiro atoms. The molecule has 3 N–H and O–H groups in total. The summed E-state index contributed by atoms with van der Waals surface area (Å²) in [5, 5.41) is 0. The van der Waals surface area contributed by atoms with Crippen molar-refractivity contribution >= 4 is 21.6 Å². The Morgan fingerprint density at radius 1 is 1.30 bits per heavy atom. The van der Waals surface area contributed by atoms with Gasteiger partial charge in [0.15, 0.2) is 0 Å². The van der Waals surface area contributed by atoms with Crippen molar-refractivity contribution in [2.24, 2.45) is 11.7 Å². The molecule has 120 valence electrons. The molecule has 0 saturated carbocycles. The maximum Gasteiger partial charge on any atom is 0.268 e. The lowest BCUT2D eigenvalue weighted by Gasteiger charge is -2.13. The molecule has 3 rings (SSSR count). The lowest BCUT2D eigenvalue weighted by atomic mass is 10.1. The van der Waals surface area contributed by atoms with Crippen LogP contribution in [0.25, 0.3) is 20.7 Å². The predicted molar refractivity (Wildman–Crippen MR) is 85.2 cm³/mol. The first kappa shape index (κ1) is 15.7. The molecule has 0 bridgehead atoms. The van der Waals surface area contributed by atoms with E-state index in [0.29, 0.717) is 20.9 Å². The highest BCUT2D eigenvalue weighted by Gasteiger charge is 2.18. The molecule has 3 heterocycles. The van der Waals surface area contributed by atoms with Crippen molar-refractivity contribution in [2.75, 3.05) is 0 Å². The van der Waals surface area contributed by atoms with Crippen LogP contribution in [-0.4, -0.2) is 15.0 Å². The highest BCUT2D eigenvalue weighted by molar-refractivity contribution is 7.22. The van der Waals surface area contributed by atoms with Gasteiger partial charge in [-0.05, 0) is 12.0 Å². The molecule has 0 aromatic carbocycles. The summed E-state index contributed by atoms with van der Waals surface area (Å²) in [6, 6.07) is 2.14. The van der Waals surface area contributed by atoms with Crippen LogP contribution in [0.4, 0.5) is 8.78 Å². The zero-order valence-corrected chi connectivity index (χ0v) is 13.2. The van der Waals surface area contributed by atoms with E-state index in [1.165, 1.54) is 0 Å². The van der Waals surface area contributed by atoms with Crippen molar-refractivity contribution in [1.82, 2.24) is 15.0 Å². The van der Waals surface area contributed by atoms with E-state index in [-0.39, 0.29) is 17.0 Å². The van der Waals surface area contributed by atoms with Crippen molar-refractivity contribution in [3.63, 3.8) is 0 Å². The van der Waals surface area contributed by atoms with Crippen LogP contribution in [0.3, 0.4) is 0 Å². The van der Waals surface area contributed by atoms with Crippen LogP contribution in [-0.2, 0) is 0 Å². The van der Waals surface area contributed by atoms with Gasteiger partial charge in [-0.2, -0.15) is 4.39 Å². The van der Waals surface area contributed by atoms with E-state index in [0.717, 1.165) is 23.6 Å². The number of hydrogen-bond donors (Lipinski definition) is 2. The molecule has 0 aliphatic carbocycles. The van der Waals surface area contributed by atoms with E-state index in [1.54, 1.807) is 6.07 Å². The monoisotopic (exact) mass is 336 g/mol. The molecule has 0 amide bonds. The van der Waals surface area contributed by atoms with Crippen molar-refractivity contribution in [3.8, 4) is 10.4 Å². The van der Waals surface area contributed by atoms with Crippen LogP contribution in [0, 0.1) is 17.7 Å². The third-order valence-electron chi connectivity index (χ3n) is 3.52. The van der Waals surface area contributed by atoms with Crippen LogP contribution in [0.1, 0.15) is 25.7 Å². The standard InChI is InChI=1S/C15H14F2N4OS/c1-6(2)12(18)14-20-9-4-10(23-13(9)15(22)21-14)7-3-11(17)19-5-8(7)16/h3-6,12H,18H2,1-2H3,(H,20,21,22). The number of halogens is 2. The number of nitrogens with one attached hydrogen (secondary N) is 1. The largest absolute Gasteiger partial charge is 0.321 e. The maximum absolute atomic E-state index is 13.8. The van der Waals surface area contributed by atoms with Gasteiger partial charge in [-0.3, -0.25) is 4.79 Å². The van der Waals surface area contributed by atoms with Crippen LogP contribution < -0.4 is 11.3 Å². The smallest absolute Gasteiger partial charge is 0.268 e. The molecule has 0 saturated heterocycles. The number of aromatic amines is 1. The van der Waals surface area contributed by atoms with Crippen molar-refractivity contribution in [3.05, 3.63) is 46.3 Å². The molecule has 0 aliphatic rings. The summed E-state index contributed by atoms with van der Waals surface area (Å²) in [6.07, 6.45) is 0.812. The number of hydrogen-bond acceptors (Lipinski definition) is 5. The quantitative estimate of drug-likeness (QED) is 0.720. The van der Waals surface area contributed by atoms with Gasteiger partial charge in [-0.1, -0.05) is 13.8 Å². The summed E-state index contributed by atoms with van der Waals surface area (Å²) in [4.78, 5) is 22.9. The number of H-pyrrole nitrogens is 1. The zero-order valence-electron chi connectivity index (χ0n) is 12.4. The molecule has 23 heavy (non-hydrogen) atoms. The molecule has 0 aliphatic heterocycles. The highest BCUT2D eigenvalue weighted by Crippen LogP contribution is 2.33. The molecular weight excluding hydrogens is 322 g/mol. The van der Waals surface area contributed by atoms with Crippen molar-refractivity contribution in [2.45, 2.75) is 19.9 Å². The topological polar surface area (TPSA) is 84.7 Å². The molecular formula is C15H14F2N4OS. The van der Waals surface area contributed by atoms with Gasteiger partial charge >= 0.3 is 0 Å². The number of rotatable bonds is 3. The highest BCUT2D eigenvalue weighted by atomic mass is 32.1. The molecule has 1 unspecified atom stereocenters. The Balaban J connectivity index is 2.17. The van der Waals surface area contributed by atoms with Gasteiger partial charge in [0.1, 0.15) is 16.3 Å². The van der Waals surface area contributed by atoms with E-state index in [2.05, 4.69) is 15.0 Å². The zero-order chi connectivity index (χ0) is 16.7. The molecule has 3 aromatic rings. The van der Waals surface area contributed by atoms with Crippen molar-refractivity contribution < 1.29 is 8.78 Å². The summed E-state index contributed by atoms with van der Waals surface area (Å²) in [7, 11) is 0. The molecule has 3 aromatic heterocycles. The van der Waals surface area contributed by atoms with Gasteiger partial charge in [0, 0.05) is 16.5 Å². The Labute approximate surface area is 134 Å². The second-order valence-corrected chi connectivity index (χ2v) is 6.59. The molecule has 5 nitrogen and oxygen atoms in total.